The number of rotatable bonds is 4. The number of nitrogens with zero attached hydrogens (tertiary/aromatic N) is 3. The zero-order valence-electron chi connectivity index (χ0n) is 13.2. The fraction of sp³-hybridized carbons (Fsp3) is 0.353. The molecule has 3 aromatic heterocycles. The first kappa shape index (κ1) is 15.1. The summed E-state index contributed by atoms with van der Waals surface area (Å²) >= 11 is 1.61. The van der Waals surface area contributed by atoms with Crippen LogP contribution in [-0.4, -0.2) is 25.9 Å². The summed E-state index contributed by atoms with van der Waals surface area (Å²) in [5.41, 5.74) is 1.24. The number of anilines is 1. The van der Waals surface area contributed by atoms with Crippen LogP contribution in [0.25, 0.3) is 10.6 Å². The molecule has 0 unspecified atom stereocenters. The number of hydrogen-bond donors (Lipinski definition) is 2. The van der Waals surface area contributed by atoms with Gasteiger partial charge in [0.05, 0.1) is 22.8 Å². The Labute approximate surface area is 143 Å². The van der Waals surface area contributed by atoms with Gasteiger partial charge in [0, 0.05) is 6.07 Å². The van der Waals surface area contributed by atoms with E-state index in [1.54, 1.807) is 23.6 Å². The molecule has 2 N–H and O–H groups in total. The van der Waals surface area contributed by atoms with Gasteiger partial charge in [0.2, 0.25) is 0 Å². The van der Waals surface area contributed by atoms with Gasteiger partial charge in [0.25, 0.3) is 5.91 Å². The molecule has 0 bridgehead atoms. The van der Waals surface area contributed by atoms with Gasteiger partial charge >= 0.3 is 0 Å². The molecule has 0 aliphatic heterocycles. The van der Waals surface area contributed by atoms with Crippen molar-refractivity contribution in [2.45, 2.75) is 38.1 Å². The van der Waals surface area contributed by atoms with E-state index in [-0.39, 0.29) is 5.91 Å². The molecule has 0 radical (unpaired) electrons. The van der Waals surface area contributed by atoms with E-state index in [4.69, 9.17) is 0 Å². The van der Waals surface area contributed by atoms with Gasteiger partial charge < -0.3 is 5.32 Å². The third-order valence-electron chi connectivity index (χ3n) is 4.43. The maximum Gasteiger partial charge on any atom is 0.277 e. The van der Waals surface area contributed by atoms with Crippen molar-refractivity contribution in [3.05, 3.63) is 41.5 Å². The average molecular weight is 341 g/mol. The number of carbonyl (C=O) groups excluding carboxylic acids is 1. The van der Waals surface area contributed by atoms with Crippen LogP contribution in [0, 0.1) is 0 Å². The van der Waals surface area contributed by atoms with Crippen LogP contribution in [0.3, 0.4) is 0 Å². The Bertz CT molecular complexity index is 814. The van der Waals surface area contributed by atoms with Crippen molar-refractivity contribution in [1.82, 2.24) is 20.0 Å². The molecular weight excluding hydrogens is 322 g/mol. The summed E-state index contributed by atoms with van der Waals surface area (Å²) in [6, 6.07) is 7.98. The summed E-state index contributed by atoms with van der Waals surface area (Å²) < 4.78 is 1.95. The standard InChI is InChI=1S/C17H19N5OS/c23-17(14-11-13(20-21-14)15-7-4-10-24-15)19-16-8-9-18-22(16)12-5-2-1-3-6-12/h4,7-12H,1-3,5-6H2,(H,19,23)(H,20,21). The number of aromatic nitrogens is 4. The van der Waals surface area contributed by atoms with Crippen LogP contribution in [-0.2, 0) is 0 Å². The van der Waals surface area contributed by atoms with E-state index in [1.807, 2.05) is 28.3 Å². The molecule has 0 aromatic carbocycles. The maximum atomic E-state index is 12.5. The fourth-order valence-corrected chi connectivity index (χ4v) is 3.90. The van der Waals surface area contributed by atoms with Gasteiger partial charge in [-0.25, -0.2) is 4.68 Å². The van der Waals surface area contributed by atoms with Crippen molar-refractivity contribution >= 4 is 23.1 Å². The number of aromatic amines is 1. The van der Waals surface area contributed by atoms with E-state index in [9.17, 15) is 4.79 Å². The van der Waals surface area contributed by atoms with Crippen molar-refractivity contribution in [3.8, 4) is 10.6 Å². The highest BCUT2D eigenvalue weighted by Crippen LogP contribution is 2.30. The molecule has 7 heteroatoms. The summed E-state index contributed by atoms with van der Waals surface area (Å²) in [7, 11) is 0. The summed E-state index contributed by atoms with van der Waals surface area (Å²) in [6.07, 6.45) is 7.72. The first-order chi connectivity index (χ1) is 11.8. The van der Waals surface area contributed by atoms with Gasteiger partial charge in [-0.15, -0.1) is 11.3 Å². The summed E-state index contributed by atoms with van der Waals surface area (Å²) in [4.78, 5) is 13.6. The Hall–Kier alpha value is -2.41. The minimum absolute atomic E-state index is 0.216. The highest BCUT2D eigenvalue weighted by atomic mass is 32.1. The molecule has 0 atom stereocenters. The number of carbonyl (C=O) groups is 1. The Morgan fingerprint density at radius 1 is 1.29 bits per heavy atom. The Morgan fingerprint density at radius 2 is 2.17 bits per heavy atom. The molecule has 3 heterocycles. The topological polar surface area (TPSA) is 75.6 Å². The minimum atomic E-state index is -0.216. The second-order valence-electron chi connectivity index (χ2n) is 6.05. The number of nitrogens with one attached hydrogen (secondary N) is 2. The molecule has 1 aliphatic carbocycles. The van der Waals surface area contributed by atoms with Crippen LogP contribution >= 0.6 is 11.3 Å². The van der Waals surface area contributed by atoms with Gasteiger partial charge in [-0.2, -0.15) is 10.2 Å². The Balaban J connectivity index is 1.50. The normalized spacial score (nSPS) is 15.5. The predicted octanol–water partition coefficient (Wildman–Crippen LogP) is 4.09. The molecule has 1 amide bonds. The maximum absolute atomic E-state index is 12.5. The van der Waals surface area contributed by atoms with Gasteiger partial charge in [-0.1, -0.05) is 25.3 Å². The first-order valence-corrected chi connectivity index (χ1v) is 9.13. The van der Waals surface area contributed by atoms with Gasteiger partial charge in [-0.05, 0) is 30.4 Å². The summed E-state index contributed by atoms with van der Waals surface area (Å²) in [5.74, 6) is 0.527. The fourth-order valence-electron chi connectivity index (χ4n) is 3.21. The zero-order chi connectivity index (χ0) is 16.4. The van der Waals surface area contributed by atoms with Crippen molar-refractivity contribution in [2.24, 2.45) is 0 Å². The molecular formula is C17H19N5OS. The van der Waals surface area contributed by atoms with Crippen molar-refractivity contribution in [2.75, 3.05) is 5.32 Å². The monoisotopic (exact) mass is 341 g/mol. The van der Waals surface area contributed by atoms with E-state index in [1.165, 1.54) is 19.3 Å². The second kappa shape index (κ2) is 6.60. The molecule has 1 aliphatic rings. The SMILES string of the molecule is O=C(Nc1ccnn1C1CCCCC1)c1cc(-c2cccs2)[nH]n1. The smallest absolute Gasteiger partial charge is 0.277 e. The van der Waals surface area contributed by atoms with Crippen LogP contribution in [0.4, 0.5) is 5.82 Å². The average Bonchev–Trinajstić information content (AvgIpc) is 3.36. The zero-order valence-corrected chi connectivity index (χ0v) is 14.1. The molecule has 3 aromatic rings. The third-order valence-corrected chi connectivity index (χ3v) is 5.33. The molecule has 1 saturated carbocycles. The van der Waals surface area contributed by atoms with Crippen molar-refractivity contribution < 1.29 is 4.79 Å². The van der Waals surface area contributed by atoms with Crippen LogP contribution in [0.1, 0.15) is 48.6 Å². The molecule has 0 saturated heterocycles. The minimum Gasteiger partial charge on any atom is -0.305 e. The molecule has 0 spiro atoms. The van der Waals surface area contributed by atoms with Gasteiger partial charge in [0.15, 0.2) is 5.69 Å². The van der Waals surface area contributed by atoms with Gasteiger partial charge in [-0.3, -0.25) is 9.89 Å². The second-order valence-corrected chi connectivity index (χ2v) is 7.00. The lowest BCUT2D eigenvalue weighted by Crippen LogP contribution is -2.20. The number of thiophene rings is 1. The predicted molar refractivity (Wildman–Crippen MR) is 94.2 cm³/mol. The summed E-state index contributed by atoms with van der Waals surface area (Å²) in [6.45, 7) is 0. The number of amides is 1. The lowest BCUT2D eigenvalue weighted by atomic mass is 9.96. The third kappa shape index (κ3) is 2.99. The van der Waals surface area contributed by atoms with E-state index < -0.39 is 0 Å². The molecule has 1 fully saturated rings. The number of hydrogen-bond acceptors (Lipinski definition) is 4. The van der Waals surface area contributed by atoms with E-state index in [0.29, 0.717) is 11.7 Å². The van der Waals surface area contributed by atoms with E-state index >= 15 is 0 Å². The Morgan fingerprint density at radius 3 is 2.96 bits per heavy atom. The van der Waals surface area contributed by atoms with E-state index in [2.05, 4.69) is 20.6 Å². The first-order valence-electron chi connectivity index (χ1n) is 8.25. The lowest BCUT2D eigenvalue weighted by molar-refractivity contribution is 0.102. The van der Waals surface area contributed by atoms with Crippen molar-refractivity contribution in [3.63, 3.8) is 0 Å². The molecule has 124 valence electrons. The van der Waals surface area contributed by atoms with Gasteiger partial charge in [0.1, 0.15) is 5.82 Å². The largest absolute Gasteiger partial charge is 0.305 e. The van der Waals surface area contributed by atoms with Crippen LogP contribution in [0.5, 0.6) is 0 Å². The molecule has 24 heavy (non-hydrogen) atoms. The number of H-pyrrole nitrogens is 1. The summed E-state index contributed by atoms with van der Waals surface area (Å²) in [5, 5.41) is 16.4. The van der Waals surface area contributed by atoms with Crippen LogP contribution in [0.2, 0.25) is 0 Å². The molecule has 6 nitrogen and oxygen atoms in total. The lowest BCUT2D eigenvalue weighted by Gasteiger charge is -2.23. The van der Waals surface area contributed by atoms with Crippen molar-refractivity contribution in [1.29, 1.82) is 0 Å². The van der Waals surface area contributed by atoms with Crippen LogP contribution in [0.15, 0.2) is 35.8 Å². The molecule has 4 rings (SSSR count). The Kier molecular flexibility index (Phi) is 4.17. The highest BCUT2D eigenvalue weighted by molar-refractivity contribution is 7.13. The highest BCUT2D eigenvalue weighted by Gasteiger charge is 2.20. The van der Waals surface area contributed by atoms with Crippen LogP contribution < -0.4 is 5.32 Å². The quantitative estimate of drug-likeness (QED) is 0.750. The van der Waals surface area contributed by atoms with E-state index in [0.717, 1.165) is 29.2 Å².